The van der Waals surface area contributed by atoms with Crippen LogP contribution in [0.25, 0.3) is 11.2 Å². The molecule has 0 bridgehead atoms. The molecule has 0 aromatic carbocycles. The van der Waals surface area contributed by atoms with Crippen molar-refractivity contribution >= 4 is 17.0 Å². The molecule has 1 fully saturated rings. The zero-order chi connectivity index (χ0) is 15.1. The molecule has 10 heteroatoms. The number of halogens is 1. The lowest BCUT2D eigenvalue weighted by Gasteiger charge is -2.16. The zero-order valence-corrected chi connectivity index (χ0v) is 11.0. The average molecular weight is 299 g/mol. The number of aliphatic hydroxyl groups excluding tert-OH is 3. The van der Waals surface area contributed by atoms with Gasteiger partial charge < -0.3 is 25.4 Å². The molecule has 0 saturated carbocycles. The van der Waals surface area contributed by atoms with Crippen molar-refractivity contribution in [3.05, 3.63) is 12.4 Å². The van der Waals surface area contributed by atoms with Crippen molar-refractivity contribution in [1.29, 1.82) is 0 Å². The molecule has 0 amide bonds. The van der Waals surface area contributed by atoms with Crippen molar-refractivity contribution in [1.82, 2.24) is 19.5 Å². The van der Waals surface area contributed by atoms with Gasteiger partial charge in [-0.3, -0.25) is 4.57 Å². The largest absolute Gasteiger partial charge is 0.394 e. The molecule has 21 heavy (non-hydrogen) atoms. The number of nitrogens with one attached hydrogen (secondary N) is 1. The van der Waals surface area contributed by atoms with E-state index in [2.05, 4.69) is 20.3 Å². The minimum Gasteiger partial charge on any atom is -0.394 e. The average Bonchev–Trinajstić information content (AvgIpc) is 3.01. The van der Waals surface area contributed by atoms with Gasteiger partial charge >= 0.3 is 6.08 Å². The van der Waals surface area contributed by atoms with Crippen LogP contribution in [0.1, 0.15) is 6.23 Å². The highest BCUT2D eigenvalue weighted by Crippen LogP contribution is 2.32. The summed E-state index contributed by atoms with van der Waals surface area (Å²) in [7, 11) is 1.56. The lowest BCUT2D eigenvalue weighted by atomic mass is 10.1. The van der Waals surface area contributed by atoms with Gasteiger partial charge in [-0.25, -0.2) is 4.98 Å². The first-order valence-electron chi connectivity index (χ1n) is 6.27. The maximum atomic E-state index is 13.4. The molecule has 1 aliphatic rings. The molecule has 0 spiro atoms. The Morgan fingerprint density at radius 3 is 2.76 bits per heavy atom. The predicted molar refractivity (Wildman–Crippen MR) is 67.8 cm³/mol. The van der Waals surface area contributed by atoms with Crippen molar-refractivity contribution in [2.45, 2.75) is 24.5 Å². The van der Waals surface area contributed by atoms with E-state index in [0.717, 1.165) is 0 Å². The third-order valence-corrected chi connectivity index (χ3v) is 3.42. The third kappa shape index (κ3) is 2.12. The van der Waals surface area contributed by atoms with Crippen LogP contribution in [0.5, 0.6) is 0 Å². The van der Waals surface area contributed by atoms with Crippen LogP contribution >= 0.6 is 0 Å². The number of aliphatic hydroxyl groups is 3. The van der Waals surface area contributed by atoms with E-state index in [9.17, 15) is 14.6 Å². The quantitative estimate of drug-likeness (QED) is 0.511. The Morgan fingerprint density at radius 2 is 2.14 bits per heavy atom. The Bertz CT molecular complexity index is 665. The Kier molecular flexibility index (Phi) is 3.45. The lowest BCUT2D eigenvalue weighted by molar-refractivity contribution is -0.0511. The standard InChI is InChI=1S/C11H14FN5O4/c1-13-8-5-9(16-11(12)15-8)17(3-14-5)10-7(20)6(19)4(2-18)21-10/h3-4,6-7,10,18-20H,2H2,1H3,(H,13,15,16)/t4-,6?,7-,10-/m1/s1. The topological polar surface area (TPSA) is 126 Å². The summed E-state index contributed by atoms with van der Waals surface area (Å²) in [6.07, 6.45) is -4.16. The summed E-state index contributed by atoms with van der Waals surface area (Å²) in [5.74, 6) is 0.197. The number of imidazole rings is 1. The number of hydrogen-bond donors (Lipinski definition) is 4. The van der Waals surface area contributed by atoms with Gasteiger partial charge in [0.15, 0.2) is 23.2 Å². The number of fused-ring (bicyclic) bond motifs is 1. The SMILES string of the molecule is CNc1nc(F)nc2c1ncn2[C@@H]1O[C@H](CO)C(O)[C@H]1O. The molecule has 114 valence electrons. The van der Waals surface area contributed by atoms with E-state index in [1.54, 1.807) is 7.05 Å². The van der Waals surface area contributed by atoms with Crippen LogP contribution in [0.15, 0.2) is 6.33 Å². The van der Waals surface area contributed by atoms with Crippen molar-refractivity contribution < 1.29 is 24.4 Å². The van der Waals surface area contributed by atoms with Crippen LogP contribution in [0.3, 0.4) is 0 Å². The van der Waals surface area contributed by atoms with Gasteiger partial charge in [-0.2, -0.15) is 14.4 Å². The van der Waals surface area contributed by atoms with E-state index in [1.165, 1.54) is 10.9 Å². The molecule has 2 aromatic heterocycles. The minimum absolute atomic E-state index is 0.113. The normalized spacial score (nSPS) is 29.2. The van der Waals surface area contributed by atoms with E-state index in [0.29, 0.717) is 5.52 Å². The van der Waals surface area contributed by atoms with Crippen LogP contribution < -0.4 is 5.32 Å². The maximum absolute atomic E-state index is 13.4. The molecule has 2 aromatic rings. The molecule has 1 saturated heterocycles. The fourth-order valence-electron chi connectivity index (χ4n) is 2.36. The highest BCUT2D eigenvalue weighted by Gasteiger charge is 2.44. The summed E-state index contributed by atoms with van der Waals surface area (Å²) < 4.78 is 20.1. The lowest BCUT2D eigenvalue weighted by Crippen LogP contribution is -2.33. The fourth-order valence-corrected chi connectivity index (χ4v) is 2.36. The van der Waals surface area contributed by atoms with Crippen LogP contribution in [-0.4, -0.2) is 66.8 Å². The summed E-state index contributed by atoms with van der Waals surface area (Å²) in [4.78, 5) is 11.3. The molecule has 4 atom stereocenters. The van der Waals surface area contributed by atoms with Crippen molar-refractivity contribution in [2.24, 2.45) is 0 Å². The summed E-state index contributed by atoms with van der Waals surface area (Å²) in [5.41, 5.74) is 0.415. The second kappa shape index (κ2) is 5.15. The number of nitrogens with zero attached hydrogens (tertiary/aromatic N) is 4. The van der Waals surface area contributed by atoms with Gasteiger partial charge in [0.1, 0.15) is 18.3 Å². The Balaban J connectivity index is 2.07. The molecule has 0 aliphatic carbocycles. The minimum atomic E-state index is -1.30. The summed E-state index contributed by atoms with van der Waals surface area (Å²) >= 11 is 0. The van der Waals surface area contributed by atoms with Crippen LogP contribution in [0, 0.1) is 6.08 Å². The molecule has 3 heterocycles. The highest BCUT2D eigenvalue weighted by molar-refractivity contribution is 5.82. The second-order valence-corrected chi connectivity index (χ2v) is 4.64. The third-order valence-electron chi connectivity index (χ3n) is 3.42. The van der Waals surface area contributed by atoms with E-state index < -0.39 is 37.2 Å². The van der Waals surface area contributed by atoms with E-state index in [-0.39, 0.29) is 11.5 Å². The number of rotatable bonds is 3. The van der Waals surface area contributed by atoms with Gasteiger partial charge in [-0.15, -0.1) is 0 Å². The first-order chi connectivity index (χ1) is 10.1. The Morgan fingerprint density at radius 1 is 1.38 bits per heavy atom. The zero-order valence-electron chi connectivity index (χ0n) is 11.0. The maximum Gasteiger partial charge on any atom is 0.312 e. The summed E-state index contributed by atoms with van der Waals surface area (Å²) in [5, 5.41) is 31.6. The Labute approximate surface area is 118 Å². The first-order valence-corrected chi connectivity index (χ1v) is 6.27. The molecular weight excluding hydrogens is 285 g/mol. The van der Waals surface area contributed by atoms with Crippen LogP contribution in [-0.2, 0) is 4.74 Å². The molecule has 0 radical (unpaired) electrons. The van der Waals surface area contributed by atoms with Gasteiger partial charge in [0.05, 0.1) is 12.9 Å². The van der Waals surface area contributed by atoms with E-state index in [1.807, 2.05) is 0 Å². The molecule has 4 N–H and O–H groups in total. The van der Waals surface area contributed by atoms with Crippen molar-refractivity contribution in [3.8, 4) is 0 Å². The molecule has 9 nitrogen and oxygen atoms in total. The van der Waals surface area contributed by atoms with Gasteiger partial charge in [-0.1, -0.05) is 0 Å². The molecule has 1 aliphatic heterocycles. The van der Waals surface area contributed by atoms with Gasteiger partial charge in [-0.05, 0) is 0 Å². The summed E-state index contributed by atoms with van der Waals surface area (Å²) in [6, 6.07) is 0. The molecule has 1 unspecified atom stereocenters. The first kappa shape index (κ1) is 14.1. The number of hydrogen-bond acceptors (Lipinski definition) is 8. The van der Waals surface area contributed by atoms with E-state index in [4.69, 9.17) is 9.84 Å². The molecule has 3 rings (SSSR count). The van der Waals surface area contributed by atoms with E-state index >= 15 is 0 Å². The number of ether oxygens (including phenoxy) is 1. The molecular formula is C11H14FN5O4. The van der Waals surface area contributed by atoms with Gasteiger partial charge in [0, 0.05) is 7.05 Å². The number of aromatic nitrogens is 4. The smallest absolute Gasteiger partial charge is 0.312 e. The Hall–Kier alpha value is -1.88. The van der Waals surface area contributed by atoms with Gasteiger partial charge in [0.2, 0.25) is 0 Å². The van der Waals surface area contributed by atoms with Crippen LogP contribution in [0.2, 0.25) is 0 Å². The second-order valence-electron chi connectivity index (χ2n) is 4.64. The monoisotopic (exact) mass is 299 g/mol. The number of anilines is 1. The highest BCUT2D eigenvalue weighted by atomic mass is 19.1. The van der Waals surface area contributed by atoms with Crippen LogP contribution in [0.4, 0.5) is 10.2 Å². The van der Waals surface area contributed by atoms with Gasteiger partial charge in [0.25, 0.3) is 0 Å². The fraction of sp³-hybridized carbons (Fsp3) is 0.545. The van der Waals surface area contributed by atoms with Crippen molar-refractivity contribution in [3.63, 3.8) is 0 Å². The summed E-state index contributed by atoms with van der Waals surface area (Å²) in [6.45, 7) is -0.452. The predicted octanol–water partition coefficient (Wildman–Crippen LogP) is -1.38. The van der Waals surface area contributed by atoms with Crippen molar-refractivity contribution in [2.75, 3.05) is 19.0 Å².